The molecule has 0 aliphatic carbocycles. The maximum Gasteiger partial charge on any atom is 0.356 e. The SMILES string of the molecule is O=C(O)c1cn2c(F)cccc2n1. The topological polar surface area (TPSA) is 54.6 Å². The van der Waals surface area contributed by atoms with Gasteiger partial charge in [0.1, 0.15) is 5.65 Å². The highest BCUT2D eigenvalue weighted by Gasteiger charge is 2.09. The van der Waals surface area contributed by atoms with Crippen molar-refractivity contribution in [3.05, 3.63) is 36.0 Å². The molecule has 2 heterocycles. The second-order valence-corrected chi connectivity index (χ2v) is 2.51. The van der Waals surface area contributed by atoms with Crippen molar-refractivity contribution < 1.29 is 14.3 Å². The first-order valence-corrected chi connectivity index (χ1v) is 3.55. The highest BCUT2D eigenvalue weighted by molar-refractivity contribution is 5.86. The van der Waals surface area contributed by atoms with Crippen LogP contribution in [0.5, 0.6) is 0 Å². The minimum Gasteiger partial charge on any atom is -0.476 e. The molecule has 0 unspecified atom stereocenters. The summed E-state index contributed by atoms with van der Waals surface area (Å²) < 4.78 is 14.1. The first-order valence-electron chi connectivity index (χ1n) is 3.55. The zero-order valence-corrected chi connectivity index (χ0v) is 6.44. The van der Waals surface area contributed by atoms with Crippen LogP contribution in [-0.4, -0.2) is 20.5 Å². The van der Waals surface area contributed by atoms with Gasteiger partial charge in [-0.05, 0) is 12.1 Å². The first-order chi connectivity index (χ1) is 6.18. The molecule has 1 N–H and O–H groups in total. The number of halogens is 1. The van der Waals surface area contributed by atoms with Crippen molar-refractivity contribution >= 4 is 11.6 Å². The van der Waals surface area contributed by atoms with E-state index >= 15 is 0 Å². The van der Waals surface area contributed by atoms with Crippen molar-refractivity contribution in [1.29, 1.82) is 0 Å². The van der Waals surface area contributed by atoms with Gasteiger partial charge in [-0.25, -0.2) is 9.78 Å². The van der Waals surface area contributed by atoms with Gasteiger partial charge in [0.15, 0.2) is 11.6 Å². The summed E-state index contributed by atoms with van der Waals surface area (Å²) in [7, 11) is 0. The summed E-state index contributed by atoms with van der Waals surface area (Å²) in [6.07, 6.45) is 1.15. The summed E-state index contributed by atoms with van der Waals surface area (Å²) in [4.78, 5) is 14.2. The van der Waals surface area contributed by atoms with Crippen molar-refractivity contribution in [2.24, 2.45) is 0 Å². The molecule has 2 aromatic rings. The number of hydrogen-bond donors (Lipinski definition) is 1. The number of carboxylic acid groups (broad SMARTS) is 1. The third-order valence-corrected chi connectivity index (χ3v) is 1.66. The maximum absolute atomic E-state index is 13.0. The normalized spacial score (nSPS) is 10.5. The number of aromatic carboxylic acids is 1. The maximum atomic E-state index is 13.0. The molecule has 0 aliphatic heterocycles. The van der Waals surface area contributed by atoms with Crippen LogP contribution in [0.25, 0.3) is 5.65 Å². The Hall–Kier alpha value is -1.91. The largest absolute Gasteiger partial charge is 0.476 e. The average Bonchev–Trinajstić information content (AvgIpc) is 2.49. The van der Waals surface area contributed by atoms with E-state index < -0.39 is 11.9 Å². The van der Waals surface area contributed by atoms with Crippen LogP contribution < -0.4 is 0 Å². The number of pyridine rings is 1. The number of nitrogens with zero attached hydrogens (tertiary/aromatic N) is 2. The smallest absolute Gasteiger partial charge is 0.356 e. The standard InChI is InChI=1S/C8H5FN2O2/c9-6-2-1-3-7-10-5(8(12)13)4-11(6)7/h1-4H,(H,12,13). The lowest BCUT2D eigenvalue weighted by Crippen LogP contribution is -1.95. The lowest BCUT2D eigenvalue weighted by Gasteiger charge is -1.91. The third kappa shape index (κ3) is 1.14. The van der Waals surface area contributed by atoms with Gasteiger partial charge in [-0.3, -0.25) is 4.40 Å². The van der Waals surface area contributed by atoms with E-state index in [1.807, 2.05) is 0 Å². The molecule has 0 bridgehead atoms. The highest BCUT2D eigenvalue weighted by Crippen LogP contribution is 2.07. The van der Waals surface area contributed by atoms with Crippen molar-refractivity contribution in [1.82, 2.24) is 9.38 Å². The number of rotatable bonds is 1. The third-order valence-electron chi connectivity index (χ3n) is 1.66. The van der Waals surface area contributed by atoms with Crippen LogP contribution in [-0.2, 0) is 0 Å². The Labute approximate surface area is 72.3 Å². The zero-order valence-electron chi connectivity index (χ0n) is 6.44. The van der Waals surface area contributed by atoms with Gasteiger partial charge >= 0.3 is 5.97 Å². The number of hydrogen-bond acceptors (Lipinski definition) is 2. The fourth-order valence-corrected chi connectivity index (χ4v) is 1.08. The minimum absolute atomic E-state index is 0.162. The van der Waals surface area contributed by atoms with Crippen LogP contribution in [0.3, 0.4) is 0 Å². The van der Waals surface area contributed by atoms with Gasteiger partial charge in [0.2, 0.25) is 0 Å². The number of aromatic nitrogens is 2. The fourth-order valence-electron chi connectivity index (χ4n) is 1.08. The van der Waals surface area contributed by atoms with E-state index in [1.54, 1.807) is 0 Å². The predicted octanol–water partition coefficient (Wildman–Crippen LogP) is 1.17. The molecule has 66 valence electrons. The Morgan fingerprint density at radius 3 is 2.92 bits per heavy atom. The number of fused-ring (bicyclic) bond motifs is 1. The Morgan fingerprint density at radius 2 is 2.31 bits per heavy atom. The molecule has 0 saturated carbocycles. The van der Waals surface area contributed by atoms with E-state index in [-0.39, 0.29) is 11.3 Å². The fraction of sp³-hybridized carbons (Fsp3) is 0. The van der Waals surface area contributed by atoms with Crippen molar-refractivity contribution in [3.63, 3.8) is 0 Å². The number of carbonyl (C=O) groups is 1. The highest BCUT2D eigenvalue weighted by atomic mass is 19.1. The lowest BCUT2D eigenvalue weighted by molar-refractivity contribution is 0.0691. The molecule has 0 spiro atoms. The summed E-state index contributed by atoms with van der Waals surface area (Å²) in [6, 6.07) is 4.25. The van der Waals surface area contributed by atoms with Gasteiger partial charge < -0.3 is 5.11 Å². The van der Waals surface area contributed by atoms with E-state index in [2.05, 4.69) is 4.98 Å². The lowest BCUT2D eigenvalue weighted by atomic mass is 10.5. The van der Waals surface area contributed by atoms with E-state index in [9.17, 15) is 9.18 Å². The summed E-state index contributed by atoms with van der Waals surface area (Å²) in [5, 5.41) is 8.58. The average molecular weight is 180 g/mol. The summed E-state index contributed by atoms with van der Waals surface area (Å²) in [6.45, 7) is 0. The van der Waals surface area contributed by atoms with E-state index in [0.717, 1.165) is 10.6 Å². The van der Waals surface area contributed by atoms with Gasteiger partial charge in [-0.2, -0.15) is 4.39 Å². The molecule has 4 nitrogen and oxygen atoms in total. The molecule has 2 aromatic heterocycles. The van der Waals surface area contributed by atoms with Gasteiger partial charge in [0, 0.05) is 6.20 Å². The molecule has 0 aliphatic rings. The Balaban J connectivity index is 2.75. The number of imidazole rings is 1. The molecule has 0 fully saturated rings. The van der Waals surface area contributed by atoms with Gasteiger partial charge in [-0.1, -0.05) is 6.07 Å². The Kier molecular flexibility index (Phi) is 1.51. The molecule has 13 heavy (non-hydrogen) atoms. The van der Waals surface area contributed by atoms with Crippen molar-refractivity contribution in [2.45, 2.75) is 0 Å². The van der Waals surface area contributed by atoms with Gasteiger partial charge in [0.05, 0.1) is 0 Å². The quantitative estimate of drug-likeness (QED) is 0.670. The van der Waals surface area contributed by atoms with Crippen LogP contribution >= 0.6 is 0 Å². The molecule has 0 radical (unpaired) electrons. The molecular weight excluding hydrogens is 175 g/mol. The van der Waals surface area contributed by atoms with Crippen LogP contribution in [0.1, 0.15) is 10.5 Å². The predicted molar refractivity (Wildman–Crippen MR) is 42.1 cm³/mol. The second kappa shape index (κ2) is 2.55. The van der Waals surface area contributed by atoms with Crippen LogP contribution in [0.4, 0.5) is 4.39 Å². The van der Waals surface area contributed by atoms with Crippen LogP contribution in [0, 0.1) is 5.95 Å². The summed E-state index contributed by atoms with van der Waals surface area (Å²) in [5.74, 6) is -1.69. The van der Waals surface area contributed by atoms with E-state index in [0.29, 0.717) is 0 Å². The van der Waals surface area contributed by atoms with Crippen LogP contribution in [0.2, 0.25) is 0 Å². The molecule has 0 amide bonds. The monoisotopic (exact) mass is 180 g/mol. The Bertz CT molecular complexity index is 478. The number of carboxylic acids is 1. The second-order valence-electron chi connectivity index (χ2n) is 2.51. The Morgan fingerprint density at radius 1 is 1.54 bits per heavy atom. The van der Waals surface area contributed by atoms with E-state index in [1.165, 1.54) is 18.2 Å². The summed E-state index contributed by atoms with van der Waals surface area (Å²) in [5.41, 5.74) is 0.127. The molecule has 0 aromatic carbocycles. The first kappa shape index (κ1) is 7.72. The zero-order chi connectivity index (χ0) is 9.42. The molecular formula is C8H5FN2O2. The van der Waals surface area contributed by atoms with Gasteiger partial charge in [0.25, 0.3) is 0 Å². The van der Waals surface area contributed by atoms with Crippen molar-refractivity contribution in [3.8, 4) is 0 Å². The molecule has 0 saturated heterocycles. The molecule has 0 atom stereocenters. The van der Waals surface area contributed by atoms with Crippen LogP contribution in [0.15, 0.2) is 24.4 Å². The minimum atomic E-state index is -1.16. The van der Waals surface area contributed by atoms with E-state index in [4.69, 9.17) is 5.11 Å². The molecule has 5 heteroatoms. The summed E-state index contributed by atoms with van der Waals surface area (Å²) >= 11 is 0. The molecule has 2 rings (SSSR count). The van der Waals surface area contributed by atoms with Gasteiger partial charge in [-0.15, -0.1) is 0 Å². The van der Waals surface area contributed by atoms with Crippen molar-refractivity contribution in [2.75, 3.05) is 0 Å².